The van der Waals surface area contributed by atoms with Crippen molar-refractivity contribution < 1.29 is 23.9 Å². The van der Waals surface area contributed by atoms with Crippen LogP contribution in [0.15, 0.2) is 18.2 Å². The van der Waals surface area contributed by atoms with Gasteiger partial charge >= 0.3 is 0 Å². The predicted molar refractivity (Wildman–Crippen MR) is 85.3 cm³/mol. The van der Waals surface area contributed by atoms with Crippen LogP contribution in [-0.4, -0.2) is 41.2 Å². The summed E-state index contributed by atoms with van der Waals surface area (Å²) in [6, 6.07) is 4.13. The monoisotopic (exact) mass is 332 g/mol. The molecule has 2 rings (SSSR count). The Hall–Kier alpha value is -2.70. The van der Waals surface area contributed by atoms with E-state index in [1.165, 1.54) is 0 Å². The zero-order chi connectivity index (χ0) is 17.9. The Kier molecular flexibility index (Phi) is 5.33. The number of ether oxygens (including phenoxy) is 1. The SMILES string of the molecule is Cc1cccc(OC(C)C)c1C(=O)N(C=O)C1CCC(=O)NC1=O. The first-order valence-electron chi connectivity index (χ1n) is 7.73. The second kappa shape index (κ2) is 7.25. The topological polar surface area (TPSA) is 92.8 Å². The Labute approximate surface area is 140 Å². The lowest BCUT2D eigenvalue weighted by atomic mass is 10.0. The molecule has 0 aromatic heterocycles. The van der Waals surface area contributed by atoms with Crippen LogP contribution in [0.5, 0.6) is 5.75 Å². The first kappa shape index (κ1) is 17.7. The van der Waals surface area contributed by atoms with Crippen molar-refractivity contribution in [3.63, 3.8) is 0 Å². The van der Waals surface area contributed by atoms with Crippen molar-refractivity contribution in [2.45, 2.75) is 45.8 Å². The fraction of sp³-hybridized carbons (Fsp3) is 0.412. The van der Waals surface area contributed by atoms with E-state index in [-0.39, 0.29) is 24.5 Å². The summed E-state index contributed by atoms with van der Waals surface area (Å²) in [7, 11) is 0. The van der Waals surface area contributed by atoms with Gasteiger partial charge in [-0.2, -0.15) is 0 Å². The predicted octanol–water partition coefficient (Wildman–Crippen LogP) is 1.19. The van der Waals surface area contributed by atoms with Gasteiger partial charge in [0.2, 0.25) is 18.2 Å². The molecule has 1 atom stereocenters. The van der Waals surface area contributed by atoms with Gasteiger partial charge in [0, 0.05) is 6.42 Å². The zero-order valence-electron chi connectivity index (χ0n) is 13.9. The molecule has 0 bridgehead atoms. The van der Waals surface area contributed by atoms with Crippen molar-refractivity contribution in [2.75, 3.05) is 0 Å². The second-order valence-corrected chi connectivity index (χ2v) is 5.90. The highest BCUT2D eigenvalue weighted by molar-refractivity contribution is 6.08. The molecule has 1 unspecified atom stereocenters. The van der Waals surface area contributed by atoms with E-state index in [4.69, 9.17) is 4.74 Å². The highest BCUT2D eigenvalue weighted by atomic mass is 16.5. The van der Waals surface area contributed by atoms with Gasteiger partial charge in [0.25, 0.3) is 5.91 Å². The van der Waals surface area contributed by atoms with E-state index in [1.807, 2.05) is 13.8 Å². The maximum absolute atomic E-state index is 12.9. The van der Waals surface area contributed by atoms with Gasteiger partial charge in [0.1, 0.15) is 11.8 Å². The van der Waals surface area contributed by atoms with Crippen LogP contribution in [0.2, 0.25) is 0 Å². The van der Waals surface area contributed by atoms with Gasteiger partial charge in [-0.3, -0.25) is 29.4 Å². The molecule has 4 amide bonds. The number of imide groups is 2. The third-order valence-electron chi connectivity index (χ3n) is 3.71. The number of hydrogen-bond donors (Lipinski definition) is 1. The molecule has 24 heavy (non-hydrogen) atoms. The lowest BCUT2D eigenvalue weighted by molar-refractivity contribution is -0.139. The highest BCUT2D eigenvalue weighted by Crippen LogP contribution is 2.26. The number of piperidine rings is 1. The van der Waals surface area contributed by atoms with Crippen molar-refractivity contribution in [3.8, 4) is 5.75 Å². The van der Waals surface area contributed by atoms with Crippen molar-refractivity contribution in [1.29, 1.82) is 0 Å². The van der Waals surface area contributed by atoms with Gasteiger partial charge < -0.3 is 4.74 Å². The maximum Gasteiger partial charge on any atom is 0.265 e. The average Bonchev–Trinajstić information content (AvgIpc) is 2.49. The van der Waals surface area contributed by atoms with Gasteiger partial charge in [0.15, 0.2) is 0 Å². The zero-order valence-corrected chi connectivity index (χ0v) is 13.9. The molecule has 0 aliphatic carbocycles. The minimum absolute atomic E-state index is 0.0805. The lowest BCUT2D eigenvalue weighted by Gasteiger charge is -2.29. The molecule has 128 valence electrons. The molecule has 1 aromatic rings. The number of carbonyl (C=O) groups excluding carboxylic acids is 4. The summed E-state index contributed by atoms with van der Waals surface area (Å²) in [5.41, 5.74) is 0.875. The minimum Gasteiger partial charge on any atom is -0.490 e. The van der Waals surface area contributed by atoms with Crippen LogP contribution in [0.3, 0.4) is 0 Å². The molecule has 0 saturated carbocycles. The first-order chi connectivity index (χ1) is 11.3. The number of carbonyl (C=O) groups is 4. The maximum atomic E-state index is 12.9. The van der Waals surface area contributed by atoms with Crippen LogP contribution in [0.25, 0.3) is 0 Å². The quantitative estimate of drug-likeness (QED) is 0.646. The fourth-order valence-electron chi connectivity index (χ4n) is 2.61. The van der Waals surface area contributed by atoms with Crippen molar-refractivity contribution in [1.82, 2.24) is 10.2 Å². The van der Waals surface area contributed by atoms with Crippen molar-refractivity contribution in [3.05, 3.63) is 29.3 Å². The van der Waals surface area contributed by atoms with E-state index in [2.05, 4.69) is 5.32 Å². The summed E-state index contributed by atoms with van der Waals surface area (Å²) in [6.07, 6.45) is 0.366. The molecule has 0 radical (unpaired) electrons. The average molecular weight is 332 g/mol. The van der Waals surface area contributed by atoms with Crippen LogP contribution in [0, 0.1) is 6.92 Å². The number of hydrogen-bond acceptors (Lipinski definition) is 5. The van der Waals surface area contributed by atoms with E-state index in [1.54, 1.807) is 25.1 Å². The van der Waals surface area contributed by atoms with E-state index >= 15 is 0 Å². The molecule has 1 N–H and O–H groups in total. The Bertz CT molecular complexity index is 684. The summed E-state index contributed by atoms with van der Waals surface area (Å²) < 4.78 is 5.66. The first-order valence-corrected chi connectivity index (χ1v) is 7.73. The van der Waals surface area contributed by atoms with Gasteiger partial charge in [-0.25, -0.2) is 0 Å². The molecule has 0 spiro atoms. The molecular formula is C17H20N2O5. The minimum atomic E-state index is -1.00. The standard InChI is InChI=1S/C17H20N2O5/c1-10(2)24-13-6-4-5-11(3)15(13)17(23)19(9-20)12-7-8-14(21)18-16(12)22/h4-6,9-10,12H,7-8H2,1-3H3,(H,18,21,22). The van der Waals surface area contributed by atoms with E-state index in [9.17, 15) is 19.2 Å². The Morgan fingerprint density at radius 1 is 1.38 bits per heavy atom. The summed E-state index contributed by atoms with van der Waals surface area (Å²) in [6.45, 7) is 5.39. The number of benzene rings is 1. The highest BCUT2D eigenvalue weighted by Gasteiger charge is 2.36. The smallest absolute Gasteiger partial charge is 0.265 e. The van der Waals surface area contributed by atoms with Gasteiger partial charge in [0.05, 0.1) is 11.7 Å². The van der Waals surface area contributed by atoms with Crippen LogP contribution >= 0.6 is 0 Å². The number of amides is 4. The molecule has 1 heterocycles. The number of nitrogens with one attached hydrogen (secondary N) is 1. The molecule has 1 aliphatic rings. The van der Waals surface area contributed by atoms with Gasteiger partial charge in [-0.15, -0.1) is 0 Å². The number of aryl methyl sites for hydroxylation is 1. The largest absolute Gasteiger partial charge is 0.490 e. The number of nitrogens with zero attached hydrogens (tertiary/aromatic N) is 1. The molecule has 1 aliphatic heterocycles. The van der Waals surface area contributed by atoms with Crippen LogP contribution in [0.1, 0.15) is 42.6 Å². The Balaban J connectivity index is 2.37. The van der Waals surface area contributed by atoms with Crippen molar-refractivity contribution >= 4 is 24.1 Å². The molecular weight excluding hydrogens is 312 g/mol. The molecule has 7 heteroatoms. The summed E-state index contributed by atoms with van der Waals surface area (Å²) in [4.78, 5) is 48.4. The molecule has 7 nitrogen and oxygen atoms in total. The molecule has 1 aromatic carbocycles. The normalized spacial score (nSPS) is 17.4. The molecule has 1 fully saturated rings. The fourth-order valence-corrected chi connectivity index (χ4v) is 2.61. The van der Waals surface area contributed by atoms with Crippen LogP contribution < -0.4 is 10.1 Å². The number of rotatable bonds is 5. The Morgan fingerprint density at radius 3 is 2.67 bits per heavy atom. The summed E-state index contributed by atoms with van der Waals surface area (Å²) >= 11 is 0. The lowest BCUT2D eigenvalue weighted by Crippen LogP contribution is -2.54. The van der Waals surface area contributed by atoms with Crippen LogP contribution in [-0.2, 0) is 14.4 Å². The van der Waals surface area contributed by atoms with Crippen LogP contribution in [0.4, 0.5) is 0 Å². The molecule has 1 saturated heterocycles. The Morgan fingerprint density at radius 2 is 2.08 bits per heavy atom. The summed E-state index contributed by atoms with van der Waals surface area (Å²) in [5, 5.41) is 2.15. The van der Waals surface area contributed by atoms with E-state index in [0.29, 0.717) is 17.7 Å². The van der Waals surface area contributed by atoms with Gasteiger partial charge in [-0.05, 0) is 38.8 Å². The van der Waals surface area contributed by atoms with E-state index in [0.717, 1.165) is 4.90 Å². The van der Waals surface area contributed by atoms with Crippen molar-refractivity contribution in [2.24, 2.45) is 0 Å². The summed E-state index contributed by atoms with van der Waals surface area (Å²) in [5.74, 6) is -1.32. The van der Waals surface area contributed by atoms with E-state index < -0.39 is 23.8 Å². The second-order valence-electron chi connectivity index (χ2n) is 5.90. The third-order valence-corrected chi connectivity index (χ3v) is 3.71. The third kappa shape index (κ3) is 3.61. The van der Waals surface area contributed by atoms with Gasteiger partial charge in [-0.1, -0.05) is 12.1 Å².